The van der Waals surface area contributed by atoms with Gasteiger partial charge in [0.2, 0.25) is 5.78 Å². The minimum Gasteiger partial charge on any atom is -0.453 e. The third kappa shape index (κ3) is 2.55. The van der Waals surface area contributed by atoms with Crippen LogP contribution in [0.5, 0.6) is 0 Å². The Hall–Kier alpha value is -2.55. The Balaban J connectivity index is 1.95. The second kappa shape index (κ2) is 5.09. The standard InChI is InChI=1S/C18H17NO2/c1-12-4-9-16-14(10-12)11-17(21-16)18(20)13-5-7-15(8-6-13)19(2)3/h4-11H,1-3H3. The molecule has 0 bridgehead atoms. The molecule has 2 aromatic carbocycles. The van der Waals surface area contributed by atoms with Gasteiger partial charge in [-0.05, 0) is 49.4 Å². The Labute approximate surface area is 123 Å². The van der Waals surface area contributed by atoms with Crippen molar-refractivity contribution in [3.8, 4) is 0 Å². The van der Waals surface area contributed by atoms with E-state index in [4.69, 9.17) is 4.42 Å². The van der Waals surface area contributed by atoms with Gasteiger partial charge in [-0.2, -0.15) is 0 Å². The first-order valence-electron chi connectivity index (χ1n) is 6.87. The van der Waals surface area contributed by atoms with Crippen molar-refractivity contribution in [3.63, 3.8) is 0 Å². The molecule has 0 aliphatic carbocycles. The lowest BCUT2D eigenvalue weighted by molar-refractivity contribution is 0.101. The summed E-state index contributed by atoms with van der Waals surface area (Å²) in [6.45, 7) is 2.02. The molecule has 0 N–H and O–H groups in total. The summed E-state index contributed by atoms with van der Waals surface area (Å²) >= 11 is 0. The van der Waals surface area contributed by atoms with Crippen LogP contribution in [0.4, 0.5) is 5.69 Å². The van der Waals surface area contributed by atoms with Gasteiger partial charge in [0, 0.05) is 30.7 Å². The number of carbonyl (C=O) groups excluding carboxylic acids is 1. The molecule has 1 aromatic heterocycles. The number of furan rings is 1. The predicted molar refractivity (Wildman–Crippen MR) is 85.2 cm³/mol. The number of fused-ring (bicyclic) bond motifs is 1. The monoisotopic (exact) mass is 279 g/mol. The zero-order valence-corrected chi connectivity index (χ0v) is 12.4. The number of aryl methyl sites for hydroxylation is 1. The van der Waals surface area contributed by atoms with E-state index in [1.807, 2.05) is 74.4 Å². The average Bonchev–Trinajstić information content (AvgIpc) is 2.89. The molecule has 0 aliphatic rings. The molecule has 0 saturated heterocycles. The van der Waals surface area contributed by atoms with Gasteiger partial charge < -0.3 is 9.32 Å². The summed E-state index contributed by atoms with van der Waals surface area (Å²) in [6.07, 6.45) is 0. The summed E-state index contributed by atoms with van der Waals surface area (Å²) in [7, 11) is 3.94. The highest BCUT2D eigenvalue weighted by atomic mass is 16.3. The maximum atomic E-state index is 12.5. The molecule has 0 atom stereocenters. The van der Waals surface area contributed by atoms with E-state index in [1.54, 1.807) is 0 Å². The lowest BCUT2D eigenvalue weighted by Gasteiger charge is -2.12. The third-order valence-corrected chi connectivity index (χ3v) is 3.54. The van der Waals surface area contributed by atoms with Gasteiger partial charge in [0.25, 0.3) is 0 Å². The van der Waals surface area contributed by atoms with Crippen molar-refractivity contribution in [2.45, 2.75) is 6.92 Å². The molecule has 106 valence electrons. The summed E-state index contributed by atoms with van der Waals surface area (Å²) in [5, 5.41) is 0.961. The molecule has 0 saturated carbocycles. The number of hydrogen-bond donors (Lipinski definition) is 0. The average molecular weight is 279 g/mol. The van der Waals surface area contributed by atoms with Crippen LogP contribution < -0.4 is 4.90 Å². The Morgan fingerprint density at radius 1 is 1.00 bits per heavy atom. The number of ketones is 1. The van der Waals surface area contributed by atoms with Crippen molar-refractivity contribution in [3.05, 3.63) is 65.4 Å². The summed E-state index contributed by atoms with van der Waals surface area (Å²) in [5.74, 6) is 0.294. The van der Waals surface area contributed by atoms with E-state index in [0.717, 1.165) is 22.2 Å². The molecule has 0 fully saturated rings. The Kier molecular flexibility index (Phi) is 3.26. The summed E-state index contributed by atoms with van der Waals surface area (Å²) in [4.78, 5) is 14.5. The van der Waals surface area contributed by atoms with Crippen molar-refractivity contribution in [2.75, 3.05) is 19.0 Å². The van der Waals surface area contributed by atoms with Crippen molar-refractivity contribution in [2.24, 2.45) is 0 Å². The first-order chi connectivity index (χ1) is 10.0. The fraction of sp³-hybridized carbons (Fsp3) is 0.167. The zero-order chi connectivity index (χ0) is 15.0. The summed E-state index contributed by atoms with van der Waals surface area (Å²) in [6, 6.07) is 15.2. The first kappa shape index (κ1) is 13.4. The molecule has 0 amide bonds. The molecule has 1 heterocycles. The van der Waals surface area contributed by atoms with E-state index >= 15 is 0 Å². The molecule has 3 nitrogen and oxygen atoms in total. The van der Waals surface area contributed by atoms with E-state index in [-0.39, 0.29) is 5.78 Å². The largest absolute Gasteiger partial charge is 0.453 e. The van der Waals surface area contributed by atoms with Crippen LogP contribution in [-0.4, -0.2) is 19.9 Å². The smallest absolute Gasteiger partial charge is 0.228 e. The number of nitrogens with zero attached hydrogens (tertiary/aromatic N) is 1. The second-order valence-corrected chi connectivity index (χ2v) is 5.42. The quantitative estimate of drug-likeness (QED) is 0.678. The number of rotatable bonds is 3. The third-order valence-electron chi connectivity index (χ3n) is 3.54. The maximum Gasteiger partial charge on any atom is 0.228 e. The number of anilines is 1. The molecule has 0 spiro atoms. The van der Waals surface area contributed by atoms with Gasteiger partial charge in [0.05, 0.1) is 0 Å². The van der Waals surface area contributed by atoms with Crippen LogP contribution in [-0.2, 0) is 0 Å². The van der Waals surface area contributed by atoms with Crippen LogP contribution in [0.25, 0.3) is 11.0 Å². The van der Waals surface area contributed by atoms with E-state index in [2.05, 4.69) is 0 Å². The van der Waals surface area contributed by atoms with E-state index in [9.17, 15) is 4.79 Å². The van der Waals surface area contributed by atoms with E-state index in [1.165, 1.54) is 0 Å². The van der Waals surface area contributed by atoms with E-state index < -0.39 is 0 Å². The van der Waals surface area contributed by atoms with Gasteiger partial charge in [0.1, 0.15) is 5.58 Å². The molecule has 0 aliphatic heterocycles. The molecule has 21 heavy (non-hydrogen) atoms. The predicted octanol–water partition coefficient (Wildman–Crippen LogP) is 4.04. The van der Waals surface area contributed by atoms with Crippen LogP contribution in [0.1, 0.15) is 21.7 Å². The van der Waals surface area contributed by atoms with Gasteiger partial charge in [-0.25, -0.2) is 0 Å². The first-order valence-corrected chi connectivity index (χ1v) is 6.87. The topological polar surface area (TPSA) is 33.5 Å². The lowest BCUT2D eigenvalue weighted by Crippen LogP contribution is -2.08. The van der Waals surface area contributed by atoms with Gasteiger partial charge in [-0.3, -0.25) is 4.79 Å². The highest BCUT2D eigenvalue weighted by Gasteiger charge is 2.14. The second-order valence-electron chi connectivity index (χ2n) is 5.42. The fourth-order valence-electron chi connectivity index (χ4n) is 2.33. The number of hydrogen-bond acceptors (Lipinski definition) is 3. The minimum atomic E-state index is -0.0887. The van der Waals surface area contributed by atoms with Crippen LogP contribution in [0.15, 0.2) is 52.9 Å². The number of benzene rings is 2. The molecule has 3 rings (SSSR count). The highest BCUT2D eigenvalue weighted by molar-refractivity contribution is 6.09. The summed E-state index contributed by atoms with van der Waals surface area (Å²) in [5.41, 5.74) is 3.59. The van der Waals surface area contributed by atoms with Gasteiger partial charge in [-0.15, -0.1) is 0 Å². The molecule has 0 unspecified atom stereocenters. The van der Waals surface area contributed by atoms with Crippen molar-refractivity contribution in [1.82, 2.24) is 0 Å². The van der Waals surface area contributed by atoms with Crippen LogP contribution in [0.2, 0.25) is 0 Å². The lowest BCUT2D eigenvalue weighted by atomic mass is 10.1. The molecule has 0 radical (unpaired) electrons. The Morgan fingerprint density at radius 3 is 2.38 bits per heavy atom. The van der Waals surface area contributed by atoms with Crippen LogP contribution >= 0.6 is 0 Å². The SMILES string of the molecule is Cc1ccc2oc(C(=O)c3ccc(N(C)C)cc3)cc2c1. The normalized spacial score (nSPS) is 10.8. The maximum absolute atomic E-state index is 12.5. The molecule has 3 aromatic rings. The summed E-state index contributed by atoms with van der Waals surface area (Å²) < 4.78 is 5.66. The van der Waals surface area contributed by atoms with Gasteiger partial charge in [0.15, 0.2) is 5.76 Å². The molecular formula is C18H17NO2. The van der Waals surface area contributed by atoms with Crippen LogP contribution in [0, 0.1) is 6.92 Å². The zero-order valence-electron chi connectivity index (χ0n) is 12.4. The van der Waals surface area contributed by atoms with Gasteiger partial charge >= 0.3 is 0 Å². The molecule has 3 heteroatoms. The minimum absolute atomic E-state index is 0.0887. The molecular weight excluding hydrogens is 262 g/mol. The Bertz CT molecular complexity index is 798. The van der Waals surface area contributed by atoms with Crippen molar-refractivity contribution < 1.29 is 9.21 Å². The van der Waals surface area contributed by atoms with Crippen LogP contribution in [0.3, 0.4) is 0 Å². The van der Waals surface area contributed by atoms with Crippen molar-refractivity contribution in [1.29, 1.82) is 0 Å². The van der Waals surface area contributed by atoms with E-state index in [0.29, 0.717) is 11.3 Å². The Morgan fingerprint density at radius 2 is 1.71 bits per heavy atom. The fourth-order valence-corrected chi connectivity index (χ4v) is 2.33. The number of carbonyl (C=O) groups is 1. The highest BCUT2D eigenvalue weighted by Crippen LogP contribution is 2.23. The van der Waals surface area contributed by atoms with Gasteiger partial charge in [-0.1, -0.05) is 11.6 Å². The van der Waals surface area contributed by atoms with Crippen molar-refractivity contribution >= 4 is 22.4 Å².